The van der Waals surface area contributed by atoms with E-state index in [1.54, 1.807) is 12.1 Å². The largest absolute Gasteiger partial charge is 0.595 e. The van der Waals surface area contributed by atoms with Crippen LogP contribution in [0, 0.1) is 5.21 Å². The van der Waals surface area contributed by atoms with Crippen molar-refractivity contribution in [2.75, 3.05) is 5.32 Å². The number of quaternary nitrogens is 1. The second-order valence-electron chi connectivity index (χ2n) is 6.88. The van der Waals surface area contributed by atoms with E-state index in [0.717, 1.165) is 11.3 Å². The fourth-order valence-electron chi connectivity index (χ4n) is 3.42. The first-order valence-electron chi connectivity index (χ1n) is 9.76. The maximum Gasteiger partial charge on any atom is 0.163 e. The molecule has 5 heteroatoms. The molecule has 0 saturated carbocycles. The second kappa shape index (κ2) is 9.66. The van der Waals surface area contributed by atoms with Gasteiger partial charge in [-0.05, 0) is 36.2 Å². The van der Waals surface area contributed by atoms with Gasteiger partial charge in [0.2, 0.25) is 0 Å². The van der Waals surface area contributed by atoms with E-state index < -0.39 is 13.1 Å². The van der Waals surface area contributed by atoms with Crippen LogP contribution in [0.4, 0.5) is 11.4 Å². The van der Waals surface area contributed by atoms with Crippen molar-refractivity contribution in [2.24, 2.45) is 0 Å². The van der Waals surface area contributed by atoms with Gasteiger partial charge >= 0.3 is 0 Å². The zero-order valence-electron chi connectivity index (χ0n) is 16.3. The van der Waals surface area contributed by atoms with Crippen LogP contribution in [0.5, 0.6) is 0 Å². The van der Waals surface area contributed by atoms with E-state index in [1.807, 2.05) is 42.5 Å². The summed E-state index contributed by atoms with van der Waals surface area (Å²) in [6.45, 7) is 0. The Bertz CT molecular complexity index is 1000. The molecular weight excluding hydrogens is 391 g/mol. The van der Waals surface area contributed by atoms with Gasteiger partial charge in [0.15, 0.2) is 5.69 Å². The van der Waals surface area contributed by atoms with Crippen LogP contribution in [0.1, 0.15) is 11.3 Å². The van der Waals surface area contributed by atoms with Crippen molar-refractivity contribution in [3.63, 3.8) is 0 Å². The normalized spacial score (nSPS) is 13.0. The van der Waals surface area contributed by atoms with Gasteiger partial charge in [-0.2, -0.15) is 5.23 Å². The van der Waals surface area contributed by atoms with E-state index in [1.165, 1.54) is 10.6 Å². The quantitative estimate of drug-likeness (QED) is 0.312. The average molecular weight is 414 g/mol. The first-order chi connectivity index (χ1) is 14.7. The molecule has 0 spiro atoms. The molecule has 0 aliphatic rings. The molecule has 2 unspecified atom stereocenters. The third kappa shape index (κ3) is 4.76. The van der Waals surface area contributed by atoms with Crippen LogP contribution in [0.15, 0.2) is 115 Å². The molecule has 4 nitrogen and oxygen atoms in total. The Morgan fingerprint density at radius 1 is 0.667 bits per heavy atom. The lowest BCUT2D eigenvalue weighted by Crippen LogP contribution is -2.99. The van der Waals surface area contributed by atoms with E-state index >= 15 is 0 Å². The summed E-state index contributed by atoms with van der Waals surface area (Å²) in [4.78, 5) is 0. The van der Waals surface area contributed by atoms with Crippen molar-refractivity contribution in [1.29, 1.82) is 0 Å². The molecule has 4 rings (SSSR count). The minimum atomic E-state index is -0.914. The van der Waals surface area contributed by atoms with Gasteiger partial charge in [0.05, 0.1) is 5.78 Å². The van der Waals surface area contributed by atoms with Crippen molar-refractivity contribution in [2.45, 2.75) is 5.78 Å². The van der Waals surface area contributed by atoms with Crippen molar-refractivity contribution in [1.82, 2.24) is 0 Å². The SMILES string of the molecule is [O-][NH+](O)c1ccc(C(Nc2ccccc2)P(c2ccccc2)c2ccccc2)cc1. The third-order valence-electron chi connectivity index (χ3n) is 4.88. The molecular formula is C25H23N2O2P. The summed E-state index contributed by atoms with van der Waals surface area (Å²) >= 11 is 0. The van der Waals surface area contributed by atoms with Crippen LogP contribution >= 0.6 is 7.92 Å². The van der Waals surface area contributed by atoms with Crippen LogP contribution in [0.3, 0.4) is 0 Å². The van der Waals surface area contributed by atoms with E-state index in [-0.39, 0.29) is 5.78 Å². The van der Waals surface area contributed by atoms with Gasteiger partial charge in [-0.1, -0.05) is 91.0 Å². The van der Waals surface area contributed by atoms with Gasteiger partial charge in [0, 0.05) is 17.8 Å². The molecule has 0 saturated heterocycles. The Hall–Kier alpha value is -3.01. The van der Waals surface area contributed by atoms with Crippen LogP contribution in [0.2, 0.25) is 0 Å². The van der Waals surface area contributed by atoms with Gasteiger partial charge in [-0.3, -0.25) is 0 Å². The number of rotatable bonds is 7. The Kier molecular flexibility index (Phi) is 6.53. The van der Waals surface area contributed by atoms with Crippen LogP contribution in [-0.2, 0) is 0 Å². The lowest BCUT2D eigenvalue weighted by atomic mass is 10.2. The van der Waals surface area contributed by atoms with Crippen molar-refractivity contribution >= 4 is 29.9 Å². The monoisotopic (exact) mass is 414 g/mol. The van der Waals surface area contributed by atoms with E-state index in [9.17, 15) is 10.4 Å². The Labute approximate surface area is 177 Å². The predicted molar refractivity (Wildman–Crippen MR) is 124 cm³/mol. The summed E-state index contributed by atoms with van der Waals surface area (Å²) in [5.74, 6) is -0.0185. The molecule has 4 aromatic carbocycles. The van der Waals surface area contributed by atoms with E-state index in [2.05, 4.69) is 66.0 Å². The minimum absolute atomic E-state index is 0.0185. The number of para-hydroxylation sites is 1. The topological polar surface area (TPSA) is 59.8 Å². The lowest BCUT2D eigenvalue weighted by molar-refractivity contribution is -0.991. The molecule has 0 amide bonds. The van der Waals surface area contributed by atoms with E-state index in [4.69, 9.17) is 0 Å². The molecule has 2 atom stereocenters. The van der Waals surface area contributed by atoms with Crippen LogP contribution < -0.4 is 21.2 Å². The second-order valence-corrected chi connectivity index (χ2v) is 9.17. The Balaban J connectivity index is 1.82. The summed E-state index contributed by atoms with van der Waals surface area (Å²) < 4.78 is 0. The number of nitrogens with one attached hydrogen (secondary N) is 2. The highest BCUT2D eigenvalue weighted by atomic mass is 31.1. The summed E-state index contributed by atoms with van der Waals surface area (Å²) in [6, 6.07) is 38.4. The highest BCUT2D eigenvalue weighted by Gasteiger charge is 2.26. The zero-order valence-corrected chi connectivity index (χ0v) is 17.2. The van der Waals surface area contributed by atoms with Crippen molar-refractivity contribution in [3.05, 3.63) is 126 Å². The molecule has 150 valence electrons. The molecule has 4 aromatic rings. The molecule has 30 heavy (non-hydrogen) atoms. The Morgan fingerprint density at radius 3 is 1.60 bits per heavy atom. The van der Waals surface area contributed by atoms with Crippen molar-refractivity contribution < 1.29 is 10.4 Å². The van der Waals surface area contributed by atoms with Gasteiger partial charge in [-0.25, -0.2) is 5.21 Å². The van der Waals surface area contributed by atoms with Gasteiger partial charge < -0.3 is 10.5 Å². The highest BCUT2D eigenvalue weighted by molar-refractivity contribution is 7.73. The summed E-state index contributed by atoms with van der Waals surface area (Å²) in [5.41, 5.74) is 2.38. The summed E-state index contributed by atoms with van der Waals surface area (Å²) in [7, 11) is -0.798. The number of anilines is 1. The lowest BCUT2D eigenvalue weighted by Gasteiger charge is -2.31. The molecule has 0 fully saturated rings. The van der Waals surface area contributed by atoms with Crippen LogP contribution in [-0.4, -0.2) is 5.21 Å². The first kappa shape index (κ1) is 20.3. The zero-order chi connectivity index (χ0) is 20.8. The maximum atomic E-state index is 11.3. The fourth-order valence-corrected chi connectivity index (χ4v) is 6.05. The predicted octanol–water partition coefficient (Wildman–Crippen LogP) is 4.33. The van der Waals surface area contributed by atoms with Gasteiger partial charge in [0.25, 0.3) is 0 Å². The maximum absolute atomic E-state index is 11.3. The van der Waals surface area contributed by atoms with E-state index in [0.29, 0.717) is 5.69 Å². The number of hydrogen-bond acceptors (Lipinski definition) is 3. The molecule has 0 radical (unpaired) electrons. The molecule has 0 heterocycles. The molecule has 0 aliphatic carbocycles. The Morgan fingerprint density at radius 2 is 1.13 bits per heavy atom. The fraction of sp³-hybridized carbons (Fsp3) is 0.0400. The molecule has 0 bridgehead atoms. The third-order valence-corrected chi connectivity index (χ3v) is 7.53. The molecule has 0 aliphatic heterocycles. The first-order valence-corrected chi connectivity index (χ1v) is 11.2. The highest BCUT2D eigenvalue weighted by Crippen LogP contribution is 2.49. The van der Waals surface area contributed by atoms with Crippen LogP contribution in [0.25, 0.3) is 0 Å². The number of hydrogen-bond donors (Lipinski definition) is 3. The summed E-state index contributed by atoms with van der Waals surface area (Å²) in [5, 5.41) is 26.0. The number of benzene rings is 4. The van der Waals surface area contributed by atoms with Gasteiger partial charge in [0.1, 0.15) is 0 Å². The standard InChI is InChI=1S/C25H23N2O2P/c28-27(29)22-18-16-20(17-19-22)25(26-21-10-4-1-5-11-21)30(23-12-6-2-7-13-23)24-14-8-3-9-15-24/h1-19,25-28H. The van der Waals surface area contributed by atoms with Crippen molar-refractivity contribution in [3.8, 4) is 0 Å². The smallest absolute Gasteiger partial charge is 0.163 e. The summed E-state index contributed by atoms with van der Waals surface area (Å²) in [6.07, 6.45) is 0. The molecule has 0 aromatic heterocycles. The molecule has 3 N–H and O–H groups in total. The average Bonchev–Trinajstić information content (AvgIpc) is 2.81. The van der Waals surface area contributed by atoms with Gasteiger partial charge in [-0.15, -0.1) is 0 Å². The minimum Gasteiger partial charge on any atom is -0.595 e.